The molecule has 122 valence electrons. The van der Waals surface area contributed by atoms with E-state index in [4.69, 9.17) is 4.74 Å². The van der Waals surface area contributed by atoms with E-state index in [1.165, 1.54) is 18.9 Å². The van der Waals surface area contributed by atoms with E-state index in [0.29, 0.717) is 28.9 Å². The predicted octanol–water partition coefficient (Wildman–Crippen LogP) is 1.68. The Labute approximate surface area is 137 Å². The average molecular weight is 334 g/mol. The number of hydrogen-bond donors (Lipinski definition) is 1. The fourth-order valence-corrected chi connectivity index (χ4v) is 3.05. The number of rotatable bonds is 4. The maximum absolute atomic E-state index is 12.4. The fourth-order valence-electron chi connectivity index (χ4n) is 2.71. The molecule has 1 N–H and O–H groups in total. The Balaban J connectivity index is 2.21. The largest absolute Gasteiger partial charge is 0.466 e. The molecular formula is C14H18N6O2S. The lowest BCUT2D eigenvalue weighted by molar-refractivity contribution is -0.136. The van der Waals surface area contributed by atoms with Gasteiger partial charge in [0.15, 0.2) is 0 Å². The van der Waals surface area contributed by atoms with Crippen LogP contribution in [0.3, 0.4) is 0 Å². The molecule has 0 aromatic carbocycles. The van der Waals surface area contributed by atoms with Crippen LogP contribution in [0.4, 0.5) is 5.95 Å². The van der Waals surface area contributed by atoms with E-state index in [1.54, 1.807) is 10.9 Å². The summed E-state index contributed by atoms with van der Waals surface area (Å²) in [5.41, 5.74) is 2.08. The van der Waals surface area contributed by atoms with Crippen LogP contribution in [0.2, 0.25) is 0 Å². The van der Waals surface area contributed by atoms with Crippen molar-refractivity contribution >= 4 is 23.7 Å². The first kappa shape index (κ1) is 15.6. The molecule has 2 aromatic rings. The summed E-state index contributed by atoms with van der Waals surface area (Å²) in [6.07, 6.45) is 3.63. The molecule has 0 saturated carbocycles. The zero-order valence-electron chi connectivity index (χ0n) is 13.4. The van der Waals surface area contributed by atoms with E-state index in [2.05, 4.69) is 20.5 Å². The van der Waals surface area contributed by atoms with Gasteiger partial charge in [-0.25, -0.2) is 9.48 Å². The van der Waals surface area contributed by atoms with Crippen molar-refractivity contribution in [2.45, 2.75) is 31.6 Å². The molecule has 8 nitrogen and oxygen atoms in total. The van der Waals surface area contributed by atoms with Crippen LogP contribution >= 0.6 is 11.8 Å². The minimum atomic E-state index is -0.422. The van der Waals surface area contributed by atoms with Gasteiger partial charge < -0.3 is 10.1 Å². The van der Waals surface area contributed by atoms with Gasteiger partial charge in [-0.2, -0.15) is 10.1 Å². The van der Waals surface area contributed by atoms with Crippen LogP contribution < -0.4 is 5.32 Å². The number of carbonyl (C=O) groups excluding carboxylic acids is 1. The second-order valence-electron chi connectivity index (χ2n) is 5.00. The number of anilines is 1. The van der Waals surface area contributed by atoms with E-state index >= 15 is 0 Å². The number of carbonyl (C=O) groups is 1. The molecular weight excluding hydrogens is 316 g/mol. The van der Waals surface area contributed by atoms with Gasteiger partial charge in [-0.15, -0.1) is 5.10 Å². The topological polar surface area (TPSA) is 86.9 Å². The quantitative estimate of drug-likeness (QED) is 0.672. The molecule has 3 heterocycles. The van der Waals surface area contributed by atoms with Gasteiger partial charge in [-0.05, 0) is 26.2 Å². The van der Waals surface area contributed by atoms with Crippen molar-refractivity contribution in [3.63, 3.8) is 0 Å². The van der Waals surface area contributed by atoms with E-state index in [0.717, 1.165) is 5.69 Å². The smallest absolute Gasteiger partial charge is 0.338 e. The van der Waals surface area contributed by atoms with Gasteiger partial charge in [0.25, 0.3) is 0 Å². The molecule has 0 amide bonds. The highest BCUT2D eigenvalue weighted by Gasteiger charge is 2.36. The normalized spacial score (nSPS) is 17.0. The van der Waals surface area contributed by atoms with Crippen molar-refractivity contribution in [3.05, 3.63) is 29.2 Å². The lowest BCUT2D eigenvalue weighted by Gasteiger charge is -2.27. The van der Waals surface area contributed by atoms with Crippen molar-refractivity contribution in [2.75, 3.05) is 18.7 Å². The molecule has 0 saturated heterocycles. The van der Waals surface area contributed by atoms with Crippen LogP contribution in [-0.2, 0) is 16.1 Å². The maximum atomic E-state index is 12.4. The van der Waals surface area contributed by atoms with E-state index in [1.807, 2.05) is 30.9 Å². The molecule has 0 spiro atoms. The highest BCUT2D eigenvalue weighted by Crippen LogP contribution is 2.36. The average Bonchev–Trinajstić information content (AvgIpc) is 3.18. The molecule has 0 bridgehead atoms. The second kappa shape index (κ2) is 6.07. The maximum Gasteiger partial charge on any atom is 0.338 e. The lowest BCUT2D eigenvalue weighted by atomic mass is 10.0. The Kier molecular flexibility index (Phi) is 4.12. The highest BCUT2D eigenvalue weighted by atomic mass is 32.2. The minimum Gasteiger partial charge on any atom is -0.466 e. The molecule has 23 heavy (non-hydrogen) atoms. The molecule has 3 rings (SSSR count). The summed E-state index contributed by atoms with van der Waals surface area (Å²) in [6.45, 7) is 4.53. The molecule has 0 fully saturated rings. The monoisotopic (exact) mass is 334 g/mol. The number of methoxy groups -OCH3 is 1. The first-order valence-corrected chi connectivity index (χ1v) is 8.41. The van der Waals surface area contributed by atoms with E-state index < -0.39 is 12.0 Å². The van der Waals surface area contributed by atoms with Gasteiger partial charge in [0, 0.05) is 18.4 Å². The number of thioether (sulfide) groups is 1. The summed E-state index contributed by atoms with van der Waals surface area (Å²) >= 11 is 1.45. The van der Waals surface area contributed by atoms with Crippen LogP contribution in [0, 0.1) is 0 Å². The molecule has 1 aliphatic heterocycles. The first-order valence-electron chi connectivity index (χ1n) is 7.19. The summed E-state index contributed by atoms with van der Waals surface area (Å²) in [4.78, 5) is 16.8. The summed E-state index contributed by atoms with van der Waals surface area (Å²) < 4.78 is 8.54. The highest BCUT2D eigenvalue weighted by molar-refractivity contribution is 7.98. The number of aryl methyl sites for hydroxylation is 1. The predicted molar refractivity (Wildman–Crippen MR) is 86.2 cm³/mol. The first-order chi connectivity index (χ1) is 11.1. The van der Waals surface area contributed by atoms with E-state index in [-0.39, 0.29) is 0 Å². The fraction of sp³-hybridized carbons (Fsp3) is 0.429. The van der Waals surface area contributed by atoms with Crippen LogP contribution in [0.15, 0.2) is 28.7 Å². The minimum absolute atomic E-state index is 0.393. The van der Waals surface area contributed by atoms with Gasteiger partial charge in [0.1, 0.15) is 6.04 Å². The van der Waals surface area contributed by atoms with Crippen molar-refractivity contribution in [1.82, 2.24) is 24.5 Å². The summed E-state index contributed by atoms with van der Waals surface area (Å²) in [5, 5.41) is 12.6. The summed E-state index contributed by atoms with van der Waals surface area (Å²) in [5.74, 6) is 0.212. The molecule has 0 radical (unpaired) electrons. The standard InChI is InChI=1S/C14H18N6O2S/c1-5-19-9(6-7-15-19)11-10(12(21)22-3)8(2)16-13-17-14(23-4)18-20(11)13/h6-7,11H,5H2,1-4H3,(H,16,17,18)/t11-/m0/s1. The van der Waals surface area contributed by atoms with Crippen LogP contribution in [0.1, 0.15) is 25.6 Å². The Morgan fingerprint density at radius 1 is 1.52 bits per heavy atom. The number of esters is 1. The third-order valence-corrected chi connectivity index (χ3v) is 4.29. The van der Waals surface area contributed by atoms with Crippen molar-refractivity contribution < 1.29 is 9.53 Å². The molecule has 9 heteroatoms. The summed E-state index contributed by atoms with van der Waals surface area (Å²) in [7, 11) is 1.38. The SMILES string of the molecule is CCn1nccc1[C@H]1C(C(=O)OC)=C(C)Nc2nc(SC)nn21. The molecule has 2 aromatic heterocycles. The molecule has 0 aliphatic carbocycles. The van der Waals surface area contributed by atoms with Gasteiger partial charge in [-0.3, -0.25) is 4.68 Å². The number of nitrogens with zero attached hydrogens (tertiary/aromatic N) is 5. The van der Waals surface area contributed by atoms with Gasteiger partial charge in [0.05, 0.1) is 18.4 Å². The van der Waals surface area contributed by atoms with Crippen molar-refractivity contribution in [1.29, 1.82) is 0 Å². The molecule has 0 unspecified atom stereocenters. The number of allylic oxidation sites excluding steroid dienone is 1. The Morgan fingerprint density at radius 3 is 2.96 bits per heavy atom. The van der Waals surface area contributed by atoms with Gasteiger partial charge >= 0.3 is 5.97 Å². The third kappa shape index (κ3) is 2.50. The Hall–Kier alpha value is -2.29. The van der Waals surface area contributed by atoms with Gasteiger partial charge in [-0.1, -0.05) is 11.8 Å². The Bertz CT molecular complexity index is 778. The zero-order valence-corrected chi connectivity index (χ0v) is 14.2. The number of ether oxygens (including phenoxy) is 1. The lowest BCUT2D eigenvalue weighted by Crippen LogP contribution is -2.30. The van der Waals surface area contributed by atoms with Crippen LogP contribution in [0.5, 0.6) is 0 Å². The zero-order chi connectivity index (χ0) is 16.6. The number of hydrogen-bond acceptors (Lipinski definition) is 7. The van der Waals surface area contributed by atoms with Crippen molar-refractivity contribution in [3.8, 4) is 0 Å². The third-order valence-electron chi connectivity index (χ3n) is 3.75. The van der Waals surface area contributed by atoms with E-state index in [9.17, 15) is 4.79 Å². The van der Waals surface area contributed by atoms with Crippen LogP contribution in [0.25, 0.3) is 0 Å². The van der Waals surface area contributed by atoms with Crippen molar-refractivity contribution in [2.24, 2.45) is 0 Å². The summed E-state index contributed by atoms with van der Waals surface area (Å²) in [6, 6.07) is 1.47. The number of fused-ring (bicyclic) bond motifs is 1. The number of aromatic nitrogens is 5. The molecule has 1 atom stereocenters. The number of nitrogens with one attached hydrogen (secondary N) is 1. The van der Waals surface area contributed by atoms with Gasteiger partial charge in [0.2, 0.25) is 11.1 Å². The Morgan fingerprint density at radius 2 is 2.30 bits per heavy atom. The van der Waals surface area contributed by atoms with Crippen LogP contribution in [-0.4, -0.2) is 43.9 Å². The second-order valence-corrected chi connectivity index (χ2v) is 5.77. The molecule has 1 aliphatic rings.